The maximum Gasteiger partial charge on any atom is 0.124 e. The van der Waals surface area contributed by atoms with Gasteiger partial charge in [0.1, 0.15) is 5.75 Å². The second-order valence-electron chi connectivity index (χ2n) is 5.04. The minimum absolute atomic E-state index is 0.430. The van der Waals surface area contributed by atoms with Crippen LogP contribution in [0.1, 0.15) is 48.9 Å². The quantitative estimate of drug-likeness (QED) is 0.899. The Morgan fingerprint density at radius 1 is 1.44 bits per heavy atom. The third kappa shape index (κ3) is 2.72. The zero-order valence-corrected chi connectivity index (χ0v) is 13.1. The van der Waals surface area contributed by atoms with E-state index in [-0.39, 0.29) is 0 Å². The molecule has 1 heterocycles. The molecule has 1 aromatic rings. The van der Waals surface area contributed by atoms with Crippen LogP contribution in [0.4, 0.5) is 0 Å². The van der Waals surface area contributed by atoms with E-state index in [9.17, 15) is 0 Å². The molecule has 3 heteroatoms. The zero-order chi connectivity index (χ0) is 13.1. The highest BCUT2D eigenvalue weighted by Crippen LogP contribution is 2.39. The summed E-state index contributed by atoms with van der Waals surface area (Å²) in [6, 6.07) is 2.59. The summed E-state index contributed by atoms with van der Waals surface area (Å²) in [5, 5.41) is 3.65. The van der Waals surface area contributed by atoms with Crippen molar-refractivity contribution in [1.29, 1.82) is 0 Å². The van der Waals surface area contributed by atoms with Crippen molar-refractivity contribution in [2.45, 2.75) is 46.1 Å². The third-order valence-corrected chi connectivity index (χ3v) is 4.80. The Kier molecular flexibility index (Phi) is 4.68. The zero-order valence-electron chi connectivity index (χ0n) is 11.5. The highest BCUT2D eigenvalue weighted by atomic mass is 79.9. The lowest BCUT2D eigenvalue weighted by Gasteiger charge is -2.22. The lowest BCUT2D eigenvalue weighted by Crippen LogP contribution is -2.22. The van der Waals surface area contributed by atoms with Crippen LogP contribution in [-0.4, -0.2) is 13.2 Å². The summed E-state index contributed by atoms with van der Waals surface area (Å²) in [4.78, 5) is 0. The van der Waals surface area contributed by atoms with E-state index in [0.29, 0.717) is 6.04 Å². The maximum absolute atomic E-state index is 5.91. The number of benzene rings is 1. The molecular weight excluding hydrogens is 290 g/mol. The molecule has 0 bridgehead atoms. The molecule has 1 unspecified atom stereocenters. The number of hydrogen-bond acceptors (Lipinski definition) is 2. The molecule has 1 aliphatic heterocycles. The average molecular weight is 312 g/mol. The second-order valence-corrected chi connectivity index (χ2v) is 5.83. The van der Waals surface area contributed by atoms with Crippen LogP contribution in [0.5, 0.6) is 5.75 Å². The molecule has 0 fully saturated rings. The topological polar surface area (TPSA) is 21.3 Å². The standard InChI is InChI=1S/C15H22BrNO/c1-4-7-17-12-6-5-8-18-13-9-10(2)15(16)11(3)14(12)13/h9,12,17H,4-8H2,1-3H3. The second kappa shape index (κ2) is 6.07. The first-order valence-corrected chi connectivity index (χ1v) is 7.60. The van der Waals surface area contributed by atoms with Crippen LogP contribution >= 0.6 is 15.9 Å². The molecular formula is C15H22BrNO. The van der Waals surface area contributed by atoms with Crippen molar-refractivity contribution in [3.63, 3.8) is 0 Å². The van der Waals surface area contributed by atoms with Crippen molar-refractivity contribution in [2.75, 3.05) is 13.2 Å². The van der Waals surface area contributed by atoms with Gasteiger partial charge in [-0.3, -0.25) is 0 Å². The van der Waals surface area contributed by atoms with E-state index in [1.165, 1.54) is 27.6 Å². The molecule has 0 saturated carbocycles. The normalized spacial score (nSPS) is 19.0. The highest BCUT2D eigenvalue weighted by Gasteiger charge is 2.23. The molecule has 1 aromatic carbocycles. The van der Waals surface area contributed by atoms with E-state index >= 15 is 0 Å². The van der Waals surface area contributed by atoms with Crippen molar-refractivity contribution in [2.24, 2.45) is 0 Å². The van der Waals surface area contributed by atoms with Gasteiger partial charge in [-0.15, -0.1) is 0 Å². The molecule has 0 amide bonds. The first-order valence-electron chi connectivity index (χ1n) is 6.81. The molecule has 0 saturated heterocycles. The predicted octanol–water partition coefficient (Wildman–Crippen LogP) is 4.28. The number of nitrogens with one attached hydrogen (secondary N) is 1. The van der Waals surface area contributed by atoms with Crippen molar-refractivity contribution in [3.05, 3.63) is 27.2 Å². The van der Waals surface area contributed by atoms with Crippen LogP contribution in [-0.2, 0) is 0 Å². The van der Waals surface area contributed by atoms with E-state index in [0.717, 1.165) is 31.7 Å². The lowest BCUT2D eigenvalue weighted by molar-refractivity contribution is 0.315. The van der Waals surface area contributed by atoms with E-state index in [4.69, 9.17) is 4.74 Å². The summed E-state index contributed by atoms with van der Waals surface area (Å²) in [6.45, 7) is 8.41. The van der Waals surface area contributed by atoms with Gasteiger partial charge in [-0.1, -0.05) is 22.9 Å². The molecule has 2 rings (SSSR count). The van der Waals surface area contributed by atoms with Crippen LogP contribution in [0.2, 0.25) is 0 Å². The molecule has 1 N–H and O–H groups in total. The van der Waals surface area contributed by atoms with Gasteiger partial charge in [0.25, 0.3) is 0 Å². The lowest BCUT2D eigenvalue weighted by atomic mass is 9.95. The van der Waals surface area contributed by atoms with Gasteiger partial charge in [0, 0.05) is 16.1 Å². The van der Waals surface area contributed by atoms with Gasteiger partial charge in [-0.2, -0.15) is 0 Å². The van der Waals surface area contributed by atoms with Gasteiger partial charge >= 0.3 is 0 Å². The monoisotopic (exact) mass is 311 g/mol. The summed E-state index contributed by atoms with van der Waals surface area (Å²) in [7, 11) is 0. The Balaban J connectivity index is 2.42. The minimum Gasteiger partial charge on any atom is -0.493 e. The summed E-state index contributed by atoms with van der Waals surface area (Å²) < 4.78 is 7.13. The number of hydrogen-bond donors (Lipinski definition) is 1. The summed E-state index contributed by atoms with van der Waals surface area (Å²) in [6.07, 6.45) is 3.44. The highest BCUT2D eigenvalue weighted by molar-refractivity contribution is 9.10. The van der Waals surface area contributed by atoms with E-state index in [2.05, 4.69) is 48.1 Å². The molecule has 1 aliphatic rings. The molecule has 0 aromatic heterocycles. The molecule has 1 atom stereocenters. The van der Waals surface area contributed by atoms with Gasteiger partial charge < -0.3 is 10.1 Å². The fourth-order valence-electron chi connectivity index (χ4n) is 2.63. The van der Waals surface area contributed by atoms with Gasteiger partial charge in [0.05, 0.1) is 6.61 Å². The van der Waals surface area contributed by atoms with E-state index < -0.39 is 0 Å². The Hall–Kier alpha value is -0.540. The summed E-state index contributed by atoms with van der Waals surface area (Å²) >= 11 is 3.70. The Labute approximate surface area is 118 Å². The van der Waals surface area contributed by atoms with Crippen molar-refractivity contribution in [3.8, 4) is 5.75 Å². The van der Waals surface area contributed by atoms with Gasteiger partial charge in [-0.25, -0.2) is 0 Å². The molecule has 100 valence electrons. The molecule has 2 nitrogen and oxygen atoms in total. The molecule has 18 heavy (non-hydrogen) atoms. The Morgan fingerprint density at radius 2 is 2.22 bits per heavy atom. The SMILES string of the molecule is CCCNC1CCCOc2cc(C)c(Br)c(C)c21. The number of aryl methyl sites for hydroxylation is 1. The van der Waals surface area contributed by atoms with E-state index in [1.54, 1.807) is 0 Å². The number of rotatable bonds is 3. The smallest absolute Gasteiger partial charge is 0.124 e. The van der Waals surface area contributed by atoms with Crippen molar-refractivity contribution in [1.82, 2.24) is 5.32 Å². The fourth-order valence-corrected chi connectivity index (χ4v) is 2.95. The number of ether oxygens (including phenoxy) is 1. The first kappa shape index (κ1) is 13.9. The van der Waals surface area contributed by atoms with Crippen molar-refractivity contribution < 1.29 is 4.74 Å². The number of halogens is 1. The average Bonchev–Trinajstić information content (AvgIpc) is 2.56. The Bertz CT molecular complexity index is 431. The van der Waals surface area contributed by atoms with Gasteiger partial charge in [0.15, 0.2) is 0 Å². The minimum atomic E-state index is 0.430. The Morgan fingerprint density at radius 3 is 2.94 bits per heavy atom. The summed E-state index contributed by atoms with van der Waals surface area (Å²) in [5.41, 5.74) is 3.92. The third-order valence-electron chi connectivity index (χ3n) is 3.58. The summed E-state index contributed by atoms with van der Waals surface area (Å²) in [5.74, 6) is 1.07. The van der Waals surface area contributed by atoms with Gasteiger partial charge in [-0.05, 0) is 56.8 Å². The van der Waals surface area contributed by atoms with Crippen LogP contribution in [0.15, 0.2) is 10.5 Å². The van der Waals surface area contributed by atoms with E-state index in [1.807, 2.05) is 0 Å². The molecule has 0 spiro atoms. The molecule has 0 radical (unpaired) electrons. The fraction of sp³-hybridized carbons (Fsp3) is 0.600. The van der Waals surface area contributed by atoms with Crippen LogP contribution in [0, 0.1) is 13.8 Å². The van der Waals surface area contributed by atoms with Crippen molar-refractivity contribution >= 4 is 15.9 Å². The van der Waals surface area contributed by atoms with Crippen LogP contribution in [0.25, 0.3) is 0 Å². The van der Waals surface area contributed by atoms with Gasteiger partial charge in [0.2, 0.25) is 0 Å². The first-order chi connectivity index (χ1) is 8.65. The van der Waals surface area contributed by atoms with Crippen LogP contribution < -0.4 is 10.1 Å². The molecule has 0 aliphatic carbocycles. The predicted molar refractivity (Wildman–Crippen MR) is 79.4 cm³/mol. The number of fused-ring (bicyclic) bond motifs is 1. The van der Waals surface area contributed by atoms with Crippen LogP contribution in [0.3, 0.4) is 0 Å². The largest absolute Gasteiger partial charge is 0.493 e. The maximum atomic E-state index is 5.91.